The van der Waals surface area contributed by atoms with Gasteiger partial charge in [0.15, 0.2) is 16.3 Å². The summed E-state index contributed by atoms with van der Waals surface area (Å²) in [6.45, 7) is 4.06. The number of hydrogen-bond acceptors (Lipinski definition) is 4. The molecule has 0 atom stereocenters. The van der Waals surface area contributed by atoms with Gasteiger partial charge in [0.2, 0.25) is 5.91 Å². The first-order valence-corrected chi connectivity index (χ1v) is 10.1. The summed E-state index contributed by atoms with van der Waals surface area (Å²) in [4.78, 5) is 17.6. The first-order chi connectivity index (χ1) is 13.2. The molecule has 2 aromatic carbocycles. The van der Waals surface area contributed by atoms with Gasteiger partial charge in [0, 0.05) is 25.1 Å². The Balaban J connectivity index is 1.66. The maximum Gasteiger partial charge on any atom is 0.248 e. The third-order valence-electron chi connectivity index (χ3n) is 4.48. The van der Waals surface area contributed by atoms with E-state index in [1.165, 1.54) is 11.3 Å². The number of carbonyl (C=O) groups is 1. The maximum atomic E-state index is 12.5. The van der Waals surface area contributed by atoms with Gasteiger partial charge in [-0.3, -0.25) is 4.79 Å². The number of fused-ring (bicyclic) bond motifs is 2. The van der Waals surface area contributed by atoms with Crippen LogP contribution in [0.5, 0.6) is 11.5 Å². The van der Waals surface area contributed by atoms with Crippen LogP contribution in [0.1, 0.15) is 25.3 Å². The molecular formula is C21H22N2O3S. The van der Waals surface area contributed by atoms with Gasteiger partial charge < -0.3 is 14.0 Å². The van der Waals surface area contributed by atoms with E-state index < -0.39 is 0 Å². The van der Waals surface area contributed by atoms with Crippen LogP contribution in [0.15, 0.2) is 47.5 Å². The molecule has 0 spiro atoms. The second-order valence-corrected chi connectivity index (χ2v) is 7.50. The van der Waals surface area contributed by atoms with Gasteiger partial charge in [0.05, 0.1) is 10.2 Å². The average molecular weight is 382 g/mol. The fraction of sp³-hybridized carbons (Fsp3) is 0.333. The molecule has 1 aliphatic rings. The summed E-state index contributed by atoms with van der Waals surface area (Å²) >= 11 is 1.53. The first-order valence-electron chi connectivity index (χ1n) is 9.29. The van der Waals surface area contributed by atoms with Gasteiger partial charge in [-0.1, -0.05) is 48.6 Å². The number of hydrogen-bond donors (Lipinski definition) is 0. The Labute approximate surface area is 161 Å². The monoisotopic (exact) mass is 382 g/mol. The molecule has 2 heterocycles. The zero-order valence-electron chi connectivity index (χ0n) is 15.3. The van der Waals surface area contributed by atoms with Crippen LogP contribution in [0.2, 0.25) is 0 Å². The number of carbonyl (C=O) groups excluding carboxylic acids is 1. The molecule has 6 heteroatoms. The Hall–Kier alpha value is -2.60. The van der Waals surface area contributed by atoms with Crippen LogP contribution in [0.25, 0.3) is 10.2 Å². The Morgan fingerprint density at radius 1 is 1.15 bits per heavy atom. The van der Waals surface area contributed by atoms with E-state index >= 15 is 0 Å². The maximum absolute atomic E-state index is 12.5. The number of benzene rings is 2. The third-order valence-corrected chi connectivity index (χ3v) is 5.53. The third kappa shape index (κ3) is 3.90. The number of aryl methyl sites for hydroxylation is 2. The van der Waals surface area contributed by atoms with Crippen LogP contribution >= 0.6 is 11.3 Å². The van der Waals surface area contributed by atoms with Crippen molar-refractivity contribution in [1.29, 1.82) is 0 Å². The molecule has 5 nitrogen and oxygen atoms in total. The first kappa shape index (κ1) is 17.8. The predicted octanol–water partition coefficient (Wildman–Crippen LogP) is 3.94. The fourth-order valence-electron chi connectivity index (χ4n) is 3.19. The molecule has 1 aliphatic heterocycles. The quantitative estimate of drug-likeness (QED) is 0.671. The van der Waals surface area contributed by atoms with Crippen molar-refractivity contribution < 1.29 is 14.3 Å². The molecule has 0 bridgehead atoms. The second kappa shape index (κ2) is 7.96. The van der Waals surface area contributed by atoms with Crippen LogP contribution in [0.4, 0.5) is 0 Å². The van der Waals surface area contributed by atoms with Gasteiger partial charge in [-0.25, -0.2) is 0 Å². The molecule has 1 aromatic heterocycles. The minimum absolute atomic E-state index is 0.0903. The van der Waals surface area contributed by atoms with E-state index in [4.69, 9.17) is 9.47 Å². The Morgan fingerprint density at radius 3 is 2.63 bits per heavy atom. The normalized spacial score (nSPS) is 13.9. The van der Waals surface area contributed by atoms with E-state index in [1.807, 2.05) is 42.5 Å². The molecule has 0 saturated heterocycles. The van der Waals surface area contributed by atoms with Crippen molar-refractivity contribution in [2.75, 3.05) is 13.2 Å². The van der Waals surface area contributed by atoms with Gasteiger partial charge in [0.1, 0.15) is 13.2 Å². The van der Waals surface area contributed by atoms with E-state index in [0.29, 0.717) is 26.1 Å². The van der Waals surface area contributed by atoms with Gasteiger partial charge >= 0.3 is 0 Å². The van der Waals surface area contributed by atoms with E-state index in [0.717, 1.165) is 45.0 Å². The van der Waals surface area contributed by atoms with Gasteiger partial charge in [-0.2, -0.15) is 4.99 Å². The lowest BCUT2D eigenvalue weighted by molar-refractivity contribution is -0.118. The van der Waals surface area contributed by atoms with Gasteiger partial charge in [-0.15, -0.1) is 0 Å². The Morgan fingerprint density at radius 2 is 1.89 bits per heavy atom. The van der Waals surface area contributed by atoms with Crippen molar-refractivity contribution in [2.45, 2.75) is 32.7 Å². The van der Waals surface area contributed by atoms with E-state index in [2.05, 4.69) is 16.5 Å². The topological polar surface area (TPSA) is 52.8 Å². The van der Waals surface area contributed by atoms with Crippen molar-refractivity contribution in [3.05, 3.63) is 52.8 Å². The number of ether oxygens (including phenoxy) is 2. The standard InChI is InChI=1S/C21H22N2O3S/c1-2-10-23-16-13-17-18(26-12-11-25-17)14-19(16)27-21(23)22-20(24)9-8-15-6-4-3-5-7-15/h3-7,13-14H,2,8-12H2,1H3. The molecule has 0 fully saturated rings. The van der Waals surface area contributed by atoms with Crippen LogP contribution in [-0.4, -0.2) is 23.7 Å². The SMILES string of the molecule is CCCn1c(=NC(=O)CCc2ccccc2)sc2cc3c(cc21)OCCO3. The molecule has 27 heavy (non-hydrogen) atoms. The number of amides is 1. The summed E-state index contributed by atoms with van der Waals surface area (Å²) in [5.74, 6) is 1.44. The molecule has 3 aromatic rings. The lowest BCUT2D eigenvalue weighted by Gasteiger charge is -2.18. The molecule has 0 aliphatic carbocycles. The van der Waals surface area contributed by atoms with Crippen LogP contribution in [-0.2, 0) is 17.8 Å². The van der Waals surface area contributed by atoms with E-state index in [9.17, 15) is 4.79 Å². The molecule has 0 saturated carbocycles. The molecule has 4 rings (SSSR count). The second-order valence-electron chi connectivity index (χ2n) is 6.49. The lowest BCUT2D eigenvalue weighted by Crippen LogP contribution is -2.17. The highest BCUT2D eigenvalue weighted by molar-refractivity contribution is 7.16. The summed E-state index contributed by atoms with van der Waals surface area (Å²) in [5, 5.41) is 0. The average Bonchev–Trinajstić information content (AvgIpc) is 3.02. The summed E-state index contributed by atoms with van der Waals surface area (Å²) in [7, 11) is 0. The van der Waals surface area contributed by atoms with Crippen LogP contribution in [0, 0.1) is 0 Å². The molecule has 0 radical (unpaired) electrons. The summed E-state index contributed by atoms with van der Waals surface area (Å²) in [6.07, 6.45) is 2.08. The molecule has 1 amide bonds. The van der Waals surface area contributed by atoms with Crippen molar-refractivity contribution >= 4 is 27.5 Å². The minimum atomic E-state index is -0.0903. The smallest absolute Gasteiger partial charge is 0.248 e. The summed E-state index contributed by atoms with van der Waals surface area (Å²) in [6, 6.07) is 14.0. The molecule has 0 N–H and O–H groups in total. The predicted molar refractivity (Wildman–Crippen MR) is 106 cm³/mol. The summed E-state index contributed by atoms with van der Waals surface area (Å²) < 4.78 is 14.6. The van der Waals surface area contributed by atoms with Gasteiger partial charge in [-0.05, 0) is 18.4 Å². The number of nitrogens with zero attached hydrogens (tertiary/aromatic N) is 2. The van der Waals surface area contributed by atoms with Crippen LogP contribution < -0.4 is 14.3 Å². The van der Waals surface area contributed by atoms with E-state index in [1.54, 1.807) is 0 Å². The van der Waals surface area contributed by atoms with Gasteiger partial charge in [0.25, 0.3) is 0 Å². The molecular weight excluding hydrogens is 360 g/mol. The number of rotatable bonds is 5. The molecule has 140 valence electrons. The van der Waals surface area contributed by atoms with Crippen molar-refractivity contribution in [2.24, 2.45) is 4.99 Å². The minimum Gasteiger partial charge on any atom is -0.486 e. The zero-order valence-corrected chi connectivity index (χ0v) is 16.1. The highest BCUT2D eigenvalue weighted by Crippen LogP contribution is 2.35. The van der Waals surface area contributed by atoms with Crippen molar-refractivity contribution in [3.63, 3.8) is 0 Å². The Kier molecular flexibility index (Phi) is 5.25. The number of aromatic nitrogens is 1. The zero-order chi connectivity index (χ0) is 18.6. The lowest BCUT2D eigenvalue weighted by atomic mass is 10.1. The molecule has 0 unspecified atom stereocenters. The highest BCUT2D eigenvalue weighted by atomic mass is 32.1. The van der Waals surface area contributed by atoms with Crippen molar-refractivity contribution in [3.8, 4) is 11.5 Å². The van der Waals surface area contributed by atoms with Crippen molar-refractivity contribution in [1.82, 2.24) is 4.57 Å². The van der Waals surface area contributed by atoms with E-state index in [-0.39, 0.29) is 5.91 Å². The Bertz CT molecular complexity index is 1020. The van der Waals surface area contributed by atoms with Crippen LogP contribution in [0.3, 0.4) is 0 Å². The largest absolute Gasteiger partial charge is 0.486 e. The highest BCUT2D eigenvalue weighted by Gasteiger charge is 2.16. The number of thiazole rings is 1. The fourth-order valence-corrected chi connectivity index (χ4v) is 4.27. The summed E-state index contributed by atoms with van der Waals surface area (Å²) in [5.41, 5.74) is 2.20.